The van der Waals surface area contributed by atoms with Crippen LogP contribution >= 0.6 is 11.6 Å². The van der Waals surface area contributed by atoms with Gasteiger partial charge in [-0.1, -0.05) is 24.3 Å². The van der Waals surface area contributed by atoms with Gasteiger partial charge in [0, 0.05) is 37.7 Å². The molecule has 2 N–H and O–H groups in total. The predicted molar refractivity (Wildman–Crippen MR) is 125 cm³/mol. The number of methoxy groups -OCH3 is 1. The van der Waals surface area contributed by atoms with E-state index in [2.05, 4.69) is 42.5 Å². The highest BCUT2D eigenvalue weighted by Gasteiger charge is 2.24. The zero-order chi connectivity index (χ0) is 22.3. The van der Waals surface area contributed by atoms with Gasteiger partial charge in [-0.3, -0.25) is 0 Å². The molecular formula is C22H28ClN7O2. The number of nitrogens with zero attached hydrogens (tertiary/aromatic N) is 5. The second-order valence-electron chi connectivity index (χ2n) is 7.80. The molecule has 0 bridgehead atoms. The average molecular weight is 458 g/mol. The molecule has 4 rings (SSSR count). The number of halogens is 1. The van der Waals surface area contributed by atoms with Crippen LogP contribution in [0.2, 0.25) is 0 Å². The van der Waals surface area contributed by atoms with E-state index in [4.69, 9.17) is 20.8 Å². The molecule has 1 fully saturated rings. The summed E-state index contributed by atoms with van der Waals surface area (Å²) in [4.78, 5) is 2.22. The molecule has 2 aliphatic heterocycles. The number of piperidine rings is 1. The SMILES string of the molecule is C=C/C=C(Cl)\C=C(/COC)CN1CCNc2nnc(-c3nnc(C4CCNCC4)o3)cc21. The molecule has 0 saturated carbocycles. The summed E-state index contributed by atoms with van der Waals surface area (Å²) in [6, 6.07) is 1.94. The van der Waals surface area contributed by atoms with Gasteiger partial charge in [0.2, 0.25) is 5.89 Å². The highest BCUT2D eigenvalue weighted by molar-refractivity contribution is 6.31. The maximum atomic E-state index is 6.27. The molecule has 10 heteroatoms. The van der Waals surface area contributed by atoms with Gasteiger partial charge in [0.05, 0.1) is 12.3 Å². The molecule has 32 heavy (non-hydrogen) atoms. The molecule has 0 aliphatic carbocycles. The fourth-order valence-electron chi connectivity index (χ4n) is 3.94. The van der Waals surface area contributed by atoms with E-state index in [1.54, 1.807) is 19.3 Å². The highest BCUT2D eigenvalue weighted by atomic mass is 35.5. The van der Waals surface area contributed by atoms with Gasteiger partial charge in [0.1, 0.15) is 0 Å². The minimum Gasteiger partial charge on any atom is -0.419 e. The first-order valence-corrected chi connectivity index (χ1v) is 11.1. The van der Waals surface area contributed by atoms with E-state index in [1.165, 1.54) is 0 Å². The molecule has 2 aliphatic rings. The van der Waals surface area contributed by atoms with Crippen LogP contribution in [0.4, 0.5) is 11.5 Å². The highest BCUT2D eigenvalue weighted by Crippen LogP contribution is 2.32. The Labute approximate surface area is 192 Å². The molecule has 9 nitrogen and oxygen atoms in total. The lowest BCUT2D eigenvalue weighted by Gasteiger charge is -2.31. The van der Waals surface area contributed by atoms with Crippen molar-refractivity contribution in [3.8, 4) is 11.6 Å². The molecule has 0 radical (unpaired) electrons. The number of hydrogen-bond donors (Lipinski definition) is 2. The van der Waals surface area contributed by atoms with Crippen LogP contribution in [0.5, 0.6) is 0 Å². The Morgan fingerprint density at radius 2 is 2.12 bits per heavy atom. The van der Waals surface area contributed by atoms with Crippen molar-refractivity contribution in [2.75, 3.05) is 56.7 Å². The van der Waals surface area contributed by atoms with E-state index >= 15 is 0 Å². The third-order valence-corrected chi connectivity index (χ3v) is 5.71. The molecule has 0 atom stereocenters. The molecule has 170 valence electrons. The van der Waals surface area contributed by atoms with E-state index < -0.39 is 0 Å². The summed E-state index contributed by atoms with van der Waals surface area (Å²) in [6.45, 7) is 8.28. The third kappa shape index (κ3) is 5.35. The fraction of sp³-hybridized carbons (Fsp3) is 0.455. The quantitative estimate of drug-likeness (QED) is 0.579. The van der Waals surface area contributed by atoms with Crippen LogP contribution in [0, 0.1) is 0 Å². The van der Waals surface area contributed by atoms with Crippen molar-refractivity contribution in [1.82, 2.24) is 25.7 Å². The van der Waals surface area contributed by atoms with Gasteiger partial charge in [-0.25, -0.2) is 0 Å². The van der Waals surface area contributed by atoms with Crippen molar-refractivity contribution in [2.24, 2.45) is 0 Å². The molecule has 2 aromatic rings. The number of aromatic nitrogens is 4. The van der Waals surface area contributed by atoms with Gasteiger partial charge in [-0.05, 0) is 49.7 Å². The summed E-state index contributed by atoms with van der Waals surface area (Å²) in [7, 11) is 1.67. The van der Waals surface area contributed by atoms with Gasteiger partial charge in [0.25, 0.3) is 5.89 Å². The number of allylic oxidation sites excluding steroid dienone is 4. The molecule has 0 spiro atoms. The van der Waals surface area contributed by atoms with Crippen molar-refractivity contribution in [3.63, 3.8) is 0 Å². The van der Waals surface area contributed by atoms with Crippen LogP contribution in [0.25, 0.3) is 11.6 Å². The summed E-state index contributed by atoms with van der Waals surface area (Å²) in [6.07, 6.45) is 7.31. The Balaban J connectivity index is 1.57. The number of fused-ring (bicyclic) bond motifs is 1. The van der Waals surface area contributed by atoms with Crippen LogP contribution in [0.15, 0.2) is 45.9 Å². The molecule has 1 saturated heterocycles. The van der Waals surface area contributed by atoms with Crippen molar-refractivity contribution in [3.05, 3.63) is 47.4 Å². The second-order valence-corrected chi connectivity index (χ2v) is 8.24. The van der Waals surface area contributed by atoms with Crippen LogP contribution < -0.4 is 15.5 Å². The van der Waals surface area contributed by atoms with E-state index in [0.717, 1.165) is 56.1 Å². The monoisotopic (exact) mass is 457 g/mol. The smallest absolute Gasteiger partial charge is 0.268 e. The van der Waals surface area contributed by atoms with Gasteiger partial charge < -0.3 is 24.7 Å². The summed E-state index contributed by atoms with van der Waals surface area (Å²) >= 11 is 6.27. The van der Waals surface area contributed by atoms with Crippen LogP contribution in [0.1, 0.15) is 24.7 Å². The zero-order valence-electron chi connectivity index (χ0n) is 18.2. The van der Waals surface area contributed by atoms with Gasteiger partial charge in [-0.2, -0.15) is 0 Å². The van der Waals surface area contributed by atoms with Crippen LogP contribution in [-0.4, -0.2) is 66.8 Å². The first-order valence-electron chi connectivity index (χ1n) is 10.8. The Kier molecular flexibility index (Phi) is 7.51. The van der Waals surface area contributed by atoms with Crippen LogP contribution in [0.3, 0.4) is 0 Å². The Morgan fingerprint density at radius 3 is 2.91 bits per heavy atom. The minimum atomic E-state index is 0.288. The fourth-order valence-corrected chi connectivity index (χ4v) is 4.18. The van der Waals surface area contributed by atoms with E-state index in [1.807, 2.05) is 12.1 Å². The van der Waals surface area contributed by atoms with Gasteiger partial charge in [0.15, 0.2) is 11.5 Å². The lowest BCUT2D eigenvalue weighted by Crippen LogP contribution is -2.36. The molecule has 0 amide bonds. The first kappa shape index (κ1) is 22.4. The van der Waals surface area contributed by atoms with Gasteiger partial charge >= 0.3 is 0 Å². The van der Waals surface area contributed by atoms with Crippen molar-refractivity contribution < 1.29 is 9.15 Å². The minimum absolute atomic E-state index is 0.288. The standard InChI is InChI=1S/C22H28ClN7O2/c1-3-4-17(23)11-15(14-31-2)13-30-10-9-25-20-19(30)12-18(26-27-20)22-29-28-21(32-22)16-5-7-24-8-6-16/h3-4,11-12,16,24H,1,5-10,13-14H2,2H3,(H,25,27)/b15-11-,17-4+. The number of hydrogen-bond acceptors (Lipinski definition) is 9. The zero-order valence-corrected chi connectivity index (χ0v) is 18.9. The molecule has 4 heterocycles. The Hall–Kier alpha value is -2.75. The normalized spacial score (nSPS) is 17.8. The van der Waals surface area contributed by atoms with Crippen molar-refractivity contribution >= 4 is 23.1 Å². The van der Waals surface area contributed by atoms with Crippen LogP contribution in [-0.2, 0) is 4.74 Å². The Morgan fingerprint density at radius 1 is 1.28 bits per heavy atom. The lowest BCUT2D eigenvalue weighted by molar-refractivity contribution is 0.224. The van der Waals surface area contributed by atoms with Gasteiger partial charge in [-0.15, -0.1) is 20.4 Å². The summed E-state index contributed by atoms with van der Waals surface area (Å²) in [5.41, 5.74) is 2.52. The summed E-state index contributed by atoms with van der Waals surface area (Å²) in [5, 5.41) is 24.5. The molecule has 2 aromatic heterocycles. The number of anilines is 2. The number of nitrogens with one attached hydrogen (secondary N) is 2. The summed E-state index contributed by atoms with van der Waals surface area (Å²) < 4.78 is 11.4. The topological polar surface area (TPSA) is 101 Å². The molecule has 0 aromatic carbocycles. The largest absolute Gasteiger partial charge is 0.419 e. The average Bonchev–Trinajstić information content (AvgIpc) is 3.30. The molecular weight excluding hydrogens is 430 g/mol. The van der Waals surface area contributed by atoms with E-state index in [9.17, 15) is 0 Å². The Bertz CT molecular complexity index is 998. The summed E-state index contributed by atoms with van der Waals surface area (Å²) in [5.74, 6) is 2.08. The number of rotatable bonds is 8. The van der Waals surface area contributed by atoms with Crippen molar-refractivity contribution in [2.45, 2.75) is 18.8 Å². The first-order chi connectivity index (χ1) is 15.7. The third-order valence-electron chi connectivity index (χ3n) is 5.48. The second kappa shape index (κ2) is 10.7. The lowest BCUT2D eigenvalue weighted by atomic mass is 9.98. The predicted octanol–water partition coefficient (Wildman–Crippen LogP) is 3.11. The van der Waals surface area contributed by atoms with E-state index in [-0.39, 0.29) is 5.92 Å². The molecule has 0 unspecified atom stereocenters. The number of ether oxygens (including phenoxy) is 1. The van der Waals surface area contributed by atoms with Crippen molar-refractivity contribution in [1.29, 1.82) is 0 Å². The van der Waals surface area contributed by atoms with E-state index in [0.29, 0.717) is 35.7 Å². The maximum absolute atomic E-state index is 6.27. The maximum Gasteiger partial charge on any atom is 0.268 e.